The molecule has 0 saturated heterocycles. The van der Waals surface area contributed by atoms with Crippen LogP contribution in [-0.4, -0.2) is 23.3 Å². The fourth-order valence-electron chi connectivity index (χ4n) is 3.06. The Labute approximate surface area is 169 Å². The summed E-state index contributed by atoms with van der Waals surface area (Å²) >= 11 is 0. The topological polar surface area (TPSA) is 46.5 Å². The van der Waals surface area contributed by atoms with Crippen molar-refractivity contribution in [3.8, 4) is 0 Å². The molecule has 1 N–H and O–H groups in total. The molecule has 27 heavy (non-hydrogen) atoms. The highest BCUT2D eigenvalue weighted by molar-refractivity contribution is 5.69. The van der Waals surface area contributed by atoms with Crippen LogP contribution in [-0.2, 0) is 9.53 Å². The summed E-state index contributed by atoms with van der Waals surface area (Å²) in [5.74, 6) is -0.184. The van der Waals surface area contributed by atoms with E-state index in [9.17, 15) is 9.90 Å². The van der Waals surface area contributed by atoms with E-state index in [0.29, 0.717) is 6.42 Å². The van der Waals surface area contributed by atoms with Crippen LogP contribution in [0.4, 0.5) is 0 Å². The molecular weight excluding hydrogens is 336 g/mol. The number of rotatable bonds is 19. The minimum Gasteiger partial charge on any atom is -0.460 e. The molecule has 0 aromatic rings. The van der Waals surface area contributed by atoms with Crippen molar-refractivity contribution in [3.63, 3.8) is 0 Å². The quantitative estimate of drug-likeness (QED) is 0.147. The van der Waals surface area contributed by atoms with Crippen LogP contribution in [0.2, 0.25) is 0 Å². The van der Waals surface area contributed by atoms with E-state index in [4.69, 9.17) is 4.74 Å². The van der Waals surface area contributed by atoms with Crippen molar-refractivity contribution in [1.29, 1.82) is 0 Å². The highest BCUT2D eigenvalue weighted by Crippen LogP contribution is 2.12. The van der Waals surface area contributed by atoms with Gasteiger partial charge < -0.3 is 9.84 Å². The van der Waals surface area contributed by atoms with Gasteiger partial charge in [0.2, 0.25) is 0 Å². The third-order valence-corrected chi connectivity index (χ3v) is 5.14. The molecule has 0 rings (SSSR count). The van der Waals surface area contributed by atoms with Gasteiger partial charge in [-0.15, -0.1) is 0 Å². The molecule has 160 valence electrons. The standard InChI is InChI=1S/C24H46O3/c1-4-5-6-7-8-9-10-11-12-13-14-15-16-17-18-19-20-21-24(26)27-23(3)22(2)25/h11-12,22-23,25H,4-10,13-21H2,1-3H3. The first-order valence-corrected chi connectivity index (χ1v) is 11.6. The Hall–Kier alpha value is -0.830. The molecule has 0 spiro atoms. The lowest BCUT2D eigenvalue weighted by molar-refractivity contribution is -0.153. The van der Waals surface area contributed by atoms with Gasteiger partial charge in [-0.25, -0.2) is 0 Å². The molecule has 0 aliphatic carbocycles. The monoisotopic (exact) mass is 382 g/mol. The lowest BCUT2D eigenvalue weighted by atomic mass is 10.1. The molecule has 3 heteroatoms. The molecule has 2 atom stereocenters. The van der Waals surface area contributed by atoms with Crippen molar-refractivity contribution >= 4 is 5.97 Å². The van der Waals surface area contributed by atoms with Gasteiger partial charge in [-0.3, -0.25) is 4.79 Å². The Kier molecular flexibility index (Phi) is 19.3. The number of hydrogen-bond acceptors (Lipinski definition) is 3. The fraction of sp³-hybridized carbons (Fsp3) is 0.875. The minimum atomic E-state index is -0.598. The SMILES string of the molecule is CCCCCCCCC=CCCCCCCCCCC(=O)OC(C)C(C)O. The number of unbranched alkanes of at least 4 members (excludes halogenated alkanes) is 13. The second-order valence-electron chi connectivity index (χ2n) is 7.98. The lowest BCUT2D eigenvalue weighted by Gasteiger charge is -2.15. The second kappa shape index (κ2) is 19.9. The van der Waals surface area contributed by atoms with Crippen molar-refractivity contribution in [3.05, 3.63) is 12.2 Å². The van der Waals surface area contributed by atoms with E-state index in [1.165, 1.54) is 83.5 Å². The maximum Gasteiger partial charge on any atom is 0.306 e. The first-order chi connectivity index (χ1) is 13.1. The van der Waals surface area contributed by atoms with E-state index in [1.54, 1.807) is 13.8 Å². The van der Waals surface area contributed by atoms with Gasteiger partial charge in [0.05, 0.1) is 6.10 Å². The van der Waals surface area contributed by atoms with Crippen molar-refractivity contribution in [2.75, 3.05) is 0 Å². The van der Waals surface area contributed by atoms with Gasteiger partial charge >= 0.3 is 5.97 Å². The van der Waals surface area contributed by atoms with Crippen LogP contribution >= 0.6 is 0 Å². The Morgan fingerprint density at radius 1 is 0.778 bits per heavy atom. The van der Waals surface area contributed by atoms with Crippen molar-refractivity contribution < 1.29 is 14.6 Å². The first-order valence-electron chi connectivity index (χ1n) is 11.6. The van der Waals surface area contributed by atoms with Crippen LogP contribution in [0.25, 0.3) is 0 Å². The first kappa shape index (κ1) is 26.2. The number of carbonyl (C=O) groups is 1. The van der Waals surface area contributed by atoms with E-state index in [0.717, 1.165) is 12.8 Å². The van der Waals surface area contributed by atoms with Crippen LogP contribution in [0.1, 0.15) is 124 Å². The van der Waals surface area contributed by atoms with Gasteiger partial charge in [0.25, 0.3) is 0 Å². The third-order valence-electron chi connectivity index (χ3n) is 5.14. The van der Waals surface area contributed by atoms with Crippen molar-refractivity contribution in [2.45, 2.75) is 136 Å². The molecule has 0 aromatic carbocycles. The lowest BCUT2D eigenvalue weighted by Crippen LogP contribution is -2.25. The van der Waals surface area contributed by atoms with Crippen LogP contribution in [0.5, 0.6) is 0 Å². The molecule has 0 aliphatic rings. The van der Waals surface area contributed by atoms with Crippen LogP contribution in [0, 0.1) is 0 Å². The second-order valence-corrected chi connectivity index (χ2v) is 7.98. The highest BCUT2D eigenvalue weighted by atomic mass is 16.6. The van der Waals surface area contributed by atoms with Gasteiger partial charge in [-0.1, -0.05) is 83.3 Å². The molecule has 0 fully saturated rings. The van der Waals surface area contributed by atoms with Crippen LogP contribution < -0.4 is 0 Å². The molecule has 0 bridgehead atoms. The van der Waals surface area contributed by atoms with Crippen molar-refractivity contribution in [1.82, 2.24) is 0 Å². The minimum absolute atomic E-state index is 0.184. The number of esters is 1. The summed E-state index contributed by atoms with van der Waals surface area (Å²) < 4.78 is 5.15. The molecular formula is C24H46O3. The number of carbonyl (C=O) groups excluding carboxylic acids is 1. The summed E-state index contributed by atoms with van der Waals surface area (Å²) in [5.41, 5.74) is 0. The summed E-state index contributed by atoms with van der Waals surface area (Å²) in [6.07, 6.45) is 23.3. The maximum absolute atomic E-state index is 11.6. The normalized spacial score (nSPS) is 13.8. The Morgan fingerprint density at radius 2 is 1.22 bits per heavy atom. The Bertz CT molecular complexity index is 350. The number of ether oxygens (including phenoxy) is 1. The third kappa shape index (κ3) is 19.7. The maximum atomic E-state index is 11.6. The van der Waals surface area contributed by atoms with E-state index in [1.807, 2.05) is 0 Å². The summed E-state index contributed by atoms with van der Waals surface area (Å²) in [7, 11) is 0. The predicted octanol–water partition coefficient (Wildman–Crippen LogP) is 7.12. The van der Waals surface area contributed by atoms with Gasteiger partial charge in [0.1, 0.15) is 6.10 Å². The van der Waals surface area contributed by atoms with E-state index in [-0.39, 0.29) is 5.97 Å². The molecule has 0 heterocycles. The number of hydrogen-bond donors (Lipinski definition) is 1. The average Bonchev–Trinajstić information content (AvgIpc) is 2.64. The zero-order valence-electron chi connectivity index (χ0n) is 18.4. The number of aliphatic hydroxyl groups is 1. The molecule has 0 radical (unpaired) electrons. The molecule has 0 aromatic heterocycles. The van der Waals surface area contributed by atoms with Gasteiger partial charge in [-0.05, 0) is 46.0 Å². The predicted molar refractivity (Wildman–Crippen MR) is 116 cm³/mol. The van der Waals surface area contributed by atoms with E-state index in [2.05, 4.69) is 19.1 Å². The van der Waals surface area contributed by atoms with E-state index >= 15 is 0 Å². The highest BCUT2D eigenvalue weighted by Gasteiger charge is 2.13. The smallest absolute Gasteiger partial charge is 0.306 e. The molecule has 0 saturated carbocycles. The van der Waals surface area contributed by atoms with Crippen LogP contribution in [0.3, 0.4) is 0 Å². The molecule has 2 unspecified atom stereocenters. The summed E-state index contributed by atoms with van der Waals surface area (Å²) in [6.45, 7) is 5.64. The van der Waals surface area contributed by atoms with E-state index < -0.39 is 12.2 Å². The zero-order chi connectivity index (χ0) is 20.2. The van der Waals surface area contributed by atoms with Crippen molar-refractivity contribution in [2.24, 2.45) is 0 Å². The van der Waals surface area contributed by atoms with Gasteiger partial charge in [0.15, 0.2) is 0 Å². The Morgan fingerprint density at radius 3 is 1.70 bits per heavy atom. The van der Waals surface area contributed by atoms with Crippen LogP contribution in [0.15, 0.2) is 12.2 Å². The summed E-state index contributed by atoms with van der Waals surface area (Å²) in [4.78, 5) is 11.6. The fourth-order valence-corrected chi connectivity index (χ4v) is 3.06. The molecule has 0 aliphatic heterocycles. The largest absolute Gasteiger partial charge is 0.460 e. The number of allylic oxidation sites excluding steroid dienone is 2. The summed E-state index contributed by atoms with van der Waals surface area (Å²) in [6, 6.07) is 0. The zero-order valence-corrected chi connectivity index (χ0v) is 18.4. The number of aliphatic hydroxyl groups excluding tert-OH is 1. The molecule has 0 amide bonds. The van der Waals surface area contributed by atoms with Gasteiger partial charge in [-0.2, -0.15) is 0 Å². The average molecular weight is 383 g/mol. The summed E-state index contributed by atoms with van der Waals surface area (Å²) in [5, 5.41) is 9.31. The van der Waals surface area contributed by atoms with Gasteiger partial charge in [0, 0.05) is 6.42 Å². The molecule has 3 nitrogen and oxygen atoms in total. The Balaban J connectivity index is 3.24.